The van der Waals surface area contributed by atoms with Crippen LogP contribution in [0.5, 0.6) is 5.75 Å². The van der Waals surface area contributed by atoms with Crippen molar-refractivity contribution >= 4 is 11.6 Å². The Morgan fingerprint density at radius 1 is 1.42 bits per heavy atom. The van der Waals surface area contributed by atoms with Crippen LogP contribution in [-0.2, 0) is 4.79 Å². The Labute approximate surface area is 142 Å². The van der Waals surface area contributed by atoms with Crippen molar-refractivity contribution in [3.05, 3.63) is 42.7 Å². The topological polar surface area (TPSA) is 59.4 Å². The highest BCUT2D eigenvalue weighted by molar-refractivity contribution is 5.80. The molecule has 0 radical (unpaired) electrons. The predicted molar refractivity (Wildman–Crippen MR) is 93.3 cm³/mol. The number of hydrogen-bond acceptors (Lipinski definition) is 4. The molecule has 0 unspecified atom stereocenters. The molecule has 6 nitrogen and oxygen atoms in total. The summed E-state index contributed by atoms with van der Waals surface area (Å²) in [4.78, 5) is 14.7. The number of aromatic nitrogens is 2. The first-order chi connectivity index (χ1) is 11.7. The lowest BCUT2D eigenvalue weighted by molar-refractivity contribution is -0.124. The van der Waals surface area contributed by atoms with Gasteiger partial charge in [0.2, 0.25) is 5.91 Å². The van der Waals surface area contributed by atoms with Crippen LogP contribution in [0.3, 0.4) is 0 Å². The Hall–Kier alpha value is -2.50. The van der Waals surface area contributed by atoms with E-state index in [-0.39, 0.29) is 18.0 Å². The molecule has 1 aromatic carbocycles. The van der Waals surface area contributed by atoms with E-state index >= 15 is 0 Å². The summed E-state index contributed by atoms with van der Waals surface area (Å²) in [5, 5.41) is 7.31. The van der Waals surface area contributed by atoms with Crippen LogP contribution in [0.4, 0.5) is 5.69 Å². The third kappa shape index (κ3) is 3.69. The molecule has 1 amide bonds. The van der Waals surface area contributed by atoms with Crippen molar-refractivity contribution in [1.82, 2.24) is 15.1 Å². The zero-order valence-corrected chi connectivity index (χ0v) is 14.2. The quantitative estimate of drug-likeness (QED) is 0.914. The van der Waals surface area contributed by atoms with Gasteiger partial charge in [0.25, 0.3) is 0 Å². The molecular formula is C18H24N4O2. The van der Waals surface area contributed by atoms with Gasteiger partial charge in [-0.1, -0.05) is 6.07 Å². The van der Waals surface area contributed by atoms with Gasteiger partial charge >= 0.3 is 0 Å². The summed E-state index contributed by atoms with van der Waals surface area (Å²) in [6.45, 7) is 3.67. The molecule has 2 aromatic rings. The fraction of sp³-hybridized carbons (Fsp3) is 0.444. The van der Waals surface area contributed by atoms with Crippen LogP contribution in [0.2, 0.25) is 0 Å². The summed E-state index contributed by atoms with van der Waals surface area (Å²) >= 11 is 0. The van der Waals surface area contributed by atoms with E-state index in [0.717, 1.165) is 37.4 Å². The first kappa shape index (κ1) is 16.4. The molecule has 1 aliphatic heterocycles. The monoisotopic (exact) mass is 328 g/mol. The van der Waals surface area contributed by atoms with Gasteiger partial charge in [-0.2, -0.15) is 5.10 Å². The number of carbonyl (C=O) groups excluding carboxylic acids is 1. The molecule has 0 aliphatic carbocycles. The molecule has 2 atom stereocenters. The number of amides is 1. The summed E-state index contributed by atoms with van der Waals surface area (Å²) in [5.41, 5.74) is 1.13. The Kier molecular flexibility index (Phi) is 5.03. The van der Waals surface area contributed by atoms with Gasteiger partial charge in [0.1, 0.15) is 11.8 Å². The van der Waals surface area contributed by atoms with E-state index in [1.165, 1.54) is 0 Å². The van der Waals surface area contributed by atoms with Gasteiger partial charge in [0.15, 0.2) is 0 Å². The zero-order chi connectivity index (χ0) is 16.9. The lowest BCUT2D eigenvalue weighted by atomic mass is 10.0. The van der Waals surface area contributed by atoms with Crippen molar-refractivity contribution in [2.24, 2.45) is 0 Å². The van der Waals surface area contributed by atoms with Crippen molar-refractivity contribution in [3.63, 3.8) is 0 Å². The number of hydrogen-bond donors (Lipinski definition) is 1. The minimum atomic E-state index is -0.299. The number of carbonyl (C=O) groups is 1. The highest BCUT2D eigenvalue weighted by atomic mass is 16.5. The molecule has 2 heterocycles. The molecule has 1 saturated heterocycles. The first-order valence-electron chi connectivity index (χ1n) is 8.36. The second-order valence-electron chi connectivity index (χ2n) is 6.16. The summed E-state index contributed by atoms with van der Waals surface area (Å²) < 4.78 is 6.98. The fourth-order valence-corrected chi connectivity index (χ4v) is 3.09. The third-order valence-corrected chi connectivity index (χ3v) is 4.49. The van der Waals surface area contributed by atoms with Crippen molar-refractivity contribution in [2.75, 3.05) is 25.1 Å². The normalized spacial score (nSPS) is 18.9. The van der Waals surface area contributed by atoms with Crippen LogP contribution in [0, 0.1) is 0 Å². The molecule has 6 heteroatoms. The molecular weight excluding hydrogens is 304 g/mol. The van der Waals surface area contributed by atoms with Gasteiger partial charge in [0, 0.05) is 43.3 Å². The van der Waals surface area contributed by atoms with Crippen LogP contribution in [0.25, 0.3) is 0 Å². The smallest absolute Gasteiger partial charge is 0.244 e. The summed E-state index contributed by atoms with van der Waals surface area (Å²) in [5.74, 6) is 0.863. The van der Waals surface area contributed by atoms with Crippen LogP contribution >= 0.6 is 0 Å². The summed E-state index contributed by atoms with van der Waals surface area (Å²) in [6, 6.07) is 9.74. The van der Waals surface area contributed by atoms with E-state index in [1.807, 2.05) is 37.4 Å². The average molecular weight is 328 g/mol. The maximum atomic E-state index is 12.4. The Balaban J connectivity index is 1.62. The van der Waals surface area contributed by atoms with E-state index < -0.39 is 0 Å². The number of anilines is 1. The van der Waals surface area contributed by atoms with Crippen molar-refractivity contribution in [2.45, 2.75) is 31.8 Å². The van der Waals surface area contributed by atoms with Crippen molar-refractivity contribution in [3.8, 4) is 5.75 Å². The molecule has 1 aromatic heterocycles. The SMILES string of the molecule is COc1cccc(N2CCC[C@H](NC(=O)[C@@H](C)n3cccn3)C2)c1. The highest BCUT2D eigenvalue weighted by Gasteiger charge is 2.24. The highest BCUT2D eigenvalue weighted by Crippen LogP contribution is 2.24. The van der Waals surface area contributed by atoms with Crippen LogP contribution in [0.1, 0.15) is 25.8 Å². The van der Waals surface area contributed by atoms with E-state index in [4.69, 9.17) is 4.74 Å². The Morgan fingerprint density at radius 3 is 3.04 bits per heavy atom. The lowest BCUT2D eigenvalue weighted by Crippen LogP contribution is -2.49. The number of rotatable bonds is 5. The van der Waals surface area contributed by atoms with Crippen LogP contribution < -0.4 is 15.0 Å². The number of piperidine rings is 1. The molecule has 1 fully saturated rings. The van der Waals surface area contributed by atoms with E-state index in [9.17, 15) is 4.79 Å². The molecule has 3 rings (SSSR count). The minimum Gasteiger partial charge on any atom is -0.497 e. The molecule has 1 aliphatic rings. The number of benzene rings is 1. The number of nitrogens with one attached hydrogen (secondary N) is 1. The molecule has 0 saturated carbocycles. The predicted octanol–water partition coefficient (Wildman–Crippen LogP) is 2.24. The van der Waals surface area contributed by atoms with Gasteiger partial charge in [-0.25, -0.2) is 0 Å². The third-order valence-electron chi connectivity index (χ3n) is 4.49. The number of nitrogens with zero attached hydrogens (tertiary/aromatic N) is 3. The standard InChI is InChI=1S/C18H24N4O2/c1-14(22-11-5-9-19-22)18(23)20-15-6-4-10-21(13-15)16-7-3-8-17(12-16)24-2/h3,5,7-9,11-12,14-15H,4,6,10,13H2,1-2H3,(H,20,23)/t14-,15+/m1/s1. The largest absolute Gasteiger partial charge is 0.497 e. The number of ether oxygens (including phenoxy) is 1. The van der Waals surface area contributed by atoms with Crippen molar-refractivity contribution in [1.29, 1.82) is 0 Å². The second kappa shape index (κ2) is 7.38. The van der Waals surface area contributed by atoms with E-state index in [0.29, 0.717) is 0 Å². The van der Waals surface area contributed by atoms with E-state index in [1.54, 1.807) is 18.0 Å². The molecule has 128 valence electrons. The molecule has 24 heavy (non-hydrogen) atoms. The van der Waals surface area contributed by atoms with Gasteiger partial charge in [-0.15, -0.1) is 0 Å². The summed E-state index contributed by atoms with van der Waals surface area (Å²) in [6.07, 6.45) is 5.55. The van der Waals surface area contributed by atoms with Gasteiger partial charge in [0.05, 0.1) is 7.11 Å². The van der Waals surface area contributed by atoms with Gasteiger partial charge in [-0.3, -0.25) is 9.48 Å². The molecule has 0 spiro atoms. The Morgan fingerprint density at radius 2 is 2.29 bits per heavy atom. The minimum absolute atomic E-state index is 0.0104. The van der Waals surface area contributed by atoms with Gasteiger partial charge in [-0.05, 0) is 38.0 Å². The van der Waals surface area contributed by atoms with E-state index in [2.05, 4.69) is 21.4 Å². The van der Waals surface area contributed by atoms with Crippen LogP contribution in [0.15, 0.2) is 42.7 Å². The summed E-state index contributed by atoms with van der Waals surface area (Å²) in [7, 11) is 1.68. The second-order valence-corrected chi connectivity index (χ2v) is 6.16. The molecule has 0 bridgehead atoms. The number of methoxy groups -OCH3 is 1. The average Bonchev–Trinajstić information content (AvgIpc) is 3.16. The lowest BCUT2D eigenvalue weighted by Gasteiger charge is -2.35. The maximum Gasteiger partial charge on any atom is 0.244 e. The Bertz CT molecular complexity index is 671. The van der Waals surface area contributed by atoms with Crippen LogP contribution in [-0.4, -0.2) is 41.9 Å². The maximum absolute atomic E-state index is 12.4. The fourth-order valence-electron chi connectivity index (χ4n) is 3.09. The van der Waals surface area contributed by atoms with Crippen molar-refractivity contribution < 1.29 is 9.53 Å². The molecule has 1 N–H and O–H groups in total. The van der Waals surface area contributed by atoms with Gasteiger partial charge < -0.3 is 15.0 Å². The first-order valence-corrected chi connectivity index (χ1v) is 8.36. The zero-order valence-electron chi connectivity index (χ0n) is 14.2.